The third kappa shape index (κ3) is 6.62. The van der Waals surface area contributed by atoms with Gasteiger partial charge in [-0.15, -0.1) is 0 Å². The summed E-state index contributed by atoms with van der Waals surface area (Å²) in [6.45, 7) is 6.04. The molecule has 0 bridgehead atoms. The van der Waals surface area contributed by atoms with E-state index in [2.05, 4.69) is 24.9 Å². The molecule has 0 unspecified atom stereocenters. The summed E-state index contributed by atoms with van der Waals surface area (Å²) < 4.78 is 27.1. The van der Waals surface area contributed by atoms with Crippen molar-refractivity contribution in [3.8, 4) is 0 Å². The highest BCUT2D eigenvalue weighted by molar-refractivity contribution is 7.92. The van der Waals surface area contributed by atoms with E-state index in [1.54, 1.807) is 24.3 Å². The third-order valence-electron chi connectivity index (χ3n) is 8.21. The number of carbonyl (C=O) groups excluding carboxylic acids is 1. The quantitative estimate of drug-likeness (QED) is 0.383. The van der Waals surface area contributed by atoms with Crippen molar-refractivity contribution in [1.29, 1.82) is 0 Å². The molecule has 12 heteroatoms. The molecular formula is C27H38N6O5S. The molecule has 2 aromatic rings. The normalized spacial score (nSPS) is 20.1. The van der Waals surface area contributed by atoms with E-state index in [-0.39, 0.29) is 5.91 Å². The van der Waals surface area contributed by atoms with Gasteiger partial charge in [0.05, 0.1) is 34.9 Å². The lowest BCUT2D eigenvalue weighted by Crippen LogP contribution is -2.43. The van der Waals surface area contributed by atoms with Gasteiger partial charge in [-0.25, -0.2) is 13.4 Å². The van der Waals surface area contributed by atoms with E-state index in [0.717, 1.165) is 25.9 Å². The van der Waals surface area contributed by atoms with Crippen molar-refractivity contribution < 1.29 is 23.4 Å². The van der Waals surface area contributed by atoms with E-state index in [4.69, 9.17) is 5.11 Å². The molecule has 1 spiro atoms. The largest absolute Gasteiger partial charge is 0.395 e. The summed E-state index contributed by atoms with van der Waals surface area (Å²) in [7, 11) is -3.71. The van der Waals surface area contributed by atoms with Crippen molar-refractivity contribution in [3.05, 3.63) is 35.5 Å². The van der Waals surface area contributed by atoms with Crippen LogP contribution in [0.5, 0.6) is 0 Å². The van der Waals surface area contributed by atoms with Gasteiger partial charge in [0, 0.05) is 37.9 Å². The molecule has 2 aliphatic heterocycles. The maximum Gasteiger partial charge on any atom is 0.258 e. The molecule has 3 heterocycles. The number of aryl methyl sites for hydroxylation is 1. The Morgan fingerprint density at radius 3 is 2.31 bits per heavy atom. The topological polar surface area (TPSA) is 148 Å². The third-order valence-corrected chi connectivity index (χ3v) is 9.47. The van der Waals surface area contributed by atoms with Crippen molar-refractivity contribution in [2.75, 3.05) is 58.4 Å². The molecule has 1 saturated carbocycles. The fourth-order valence-corrected chi connectivity index (χ4v) is 6.26. The molecule has 11 nitrogen and oxygen atoms in total. The number of hydrogen-bond acceptors (Lipinski definition) is 9. The van der Waals surface area contributed by atoms with Crippen LogP contribution >= 0.6 is 0 Å². The minimum absolute atomic E-state index is 0.341. The number of aliphatic hydroxyl groups is 2. The number of nitrogens with one attached hydrogen (secondary N) is 2. The summed E-state index contributed by atoms with van der Waals surface area (Å²) >= 11 is 0. The van der Waals surface area contributed by atoms with Crippen LogP contribution in [0, 0.1) is 12.3 Å². The molecule has 212 valence electrons. The van der Waals surface area contributed by atoms with Gasteiger partial charge in [0.25, 0.3) is 5.91 Å². The Morgan fingerprint density at radius 2 is 1.67 bits per heavy atom. The van der Waals surface area contributed by atoms with Crippen LogP contribution in [0.1, 0.15) is 61.5 Å². The minimum atomic E-state index is -3.71. The Morgan fingerprint density at radius 1 is 1.00 bits per heavy atom. The van der Waals surface area contributed by atoms with Crippen molar-refractivity contribution in [1.82, 2.24) is 9.97 Å². The molecule has 1 aromatic heterocycles. The maximum atomic E-state index is 13.6. The highest BCUT2D eigenvalue weighted by atomic mass is 32.2. The van der Waals surface area contributed by atoms with Gasteiger partial charge in [-0.3, -0.25) is 9.52 Å². The first kappa shape index (κ1) is 27.6. The fourth-order valence-electron chi connectivity index (χ4n) is 5.43. The van der Waals surface area contributed by atoms with Crippen LogP contribution in [0.4, 0.5) is 23.1 Å². The molecule has 4 N–H and O–H groups in total. The first-order chi connectivity index (χ1) is 18.5. The monoisotopic (exact) mass is 558 g/mol. The molecule has 2 saturated heterocycles. The Balaban J connectivity index is 1.39. The van der Waals surface area contributed by atoms with Gasteiger partial charge in [0.2, 0.25) is 16.0 Å². The molecule has 3 fully saturated rings. The minimum Gasteiger partial charge on any atom is -0.395 e. The van der Waals surface area contributed by atoms with Gasteiger partial charge in [0.1, 0.15) is 5.82 Å². The number of rotatable bonds is 8. The van der Waals surface area contributed by atoms with Crippen LogP contribution in [0.2, 0.25) is 0 Å². The van der Waals surface area contributed by atoms with E-state index >= 15 is 0 Å². The van der Waals surface area contributed by atoms with E-state index in [9.17, 15) is 18.3 Å². The number of aromatic nitrogens is 2. The molecular weight excluding hydrogens is 520 g/mol. The Labute approximate surface area is 229 Å². The second-order valence-corrected chi connectivity index (χ2v) is 13.3. The zero-order valence-corrected chi connectivity index (χ0v) is 23.4. The molecule has 3 aliphatic rings. The summed E-state index contributed by atoms with van der Waals surface area (Å²) in [5.74, 6) is 0.155. The number of sulfonamides is 1. The number of carbonyl (C=O) groups is 1. The van der Waals surface area contributed by atoms with Crippen LogP contribution < -0.4 is 19.8 Å². The predicted octanol–water partition coefficient (Wildman–Crippen LogP) is 2.50. The number of benzene rings is 1. The lowest BCUT2D eigenvalue weighted by molar-refractivity contribution is 0.0349. The lowest BCUT2D eigenvalue weighted by atomic mass is 9.93. The highest BCUT2D eigenvalue weighted by Crippen LogP contribution is 2.54. The molecule has 0 atom stereocenters. The predicted molar refractivity (Wildman–Crippen MR) is 151 cm³/mol. The van der Waals surface area contributed by atoms with Crippen LogP contribution in [0.3, 0.4) is 0 Å². The van der Waals surface area contributed by atoms with Crippen molar-refractivity contribution in [3.63, 3.8) is 0 Å². The average Bonchev–Trinajstić information content (AvgIpc) is 3.62. The van der Waals surface area contributed by atoms with E-state index < -0.39 is 28.0 Å². The lowest BCUT2D eigenvalue weighted by Gasteiger charge is -2.36. The summed E-state index contributed by atoms with van der Waals surface area (Å²) in [5.41, 5.74) is 1.90. The van der Waals surface area contributed by atoms with E-state index in [1.165, 1.54) is 12.8 Å². The van der Waals surface area contributed by atoms with Gasteiger partial charge in [-0.1, -0.05) is 0 Å². The molecule has 5 rings (SSSR count). The van der Waals surface area contributed by atoms with Gasteiger partial charge in [-0.2, -0.15) is 4.98 Å². The number of aliphatic hydroxyl groups excluding tert-OH is 1. The summed E-state index contributed by atoms with van der Waals surface area (Å²) in [5, 5.41) is 22.3. The smallest absolute Gasteiger partial charge is 0.258 e. The van der Waals surface area contributed by atoms with E-state index in [1.807, 2.05) is 18.7 Å². The van der Waals surface area contributed by atoms with Crippen LogP contribution in [-0.4, -0.2) is 78.6 Å². The van der Waals surface area contributed by atoms with Crippen molar-refractivity contribution in [2.45, 2.75) is 58.0 Å². The molecule has 0 radical (unpaired) electrons. The van der Waals surface area contributed by atoms with Crippen LogP contribution in [-0.2, 0) is 10.0 Å². The van der Waals surface area contributed by atoms with Gasteiger partial charge in [-0.05, 0) is 76.0 Å². The Kier molecular flexibility index (Phi) is 7.47. The molecule has 1 aromatic carbocycles. The number of hydrogen-bond donors (Lipinski definition) is 4. The Bertz CT molecular complexity index is 1320. The second kappa shape index (κ2) is 10.5. The zero-order chi connectivity index (χ0) is 27.8. The van der Waals surface area contributed by atoms with Crippen LogP contribution in [0.25, 0.3) is 0 Å². The SMILES string of the molecule is Cc1cc(NC(=O)c2ccc(NS(=O)(=O)CCO)cc2N2CCC3(CC2)CC3)nc(N2CCC(C)(O)CC2)n1. The molecule has 39 heavy (non-hydrogen) atoms. The fraction of sp³-hybridized carbons (Fsp3) is 0.593. The number of nitrogens with zero attached hydrogens (tertiary/aromatic N) is 4. The zero-order valence-electron chi connectivity index (χ0n) is 22.6. The number of amides is 1. The standard InChI is InChI=1S/C27H38N6O5S/c1-19-17-23(30-25(28-19)33-11-7-26(2,36)8-12-33)29-24(35)21-4-3-20(31-39(37,38)16-15-34)18-22(21)32-13-9-27(5-6-27)10-14-32/h3-4,17-18,31,34,36H,5-16H2,1-2H3,(H,28,29,30,35). The first-order valence-corrected chi connectivity index (χ1v) is 15.3. The average molecular weight is 559 g/mol. The summed E-state index contributed by atoms with van der Waals surface area (Å²) in [6, 6.07) is 6.61. The maximum absolute atomic E-state index is 13.6. The summed E-state index contributed by atoms with van der Waals surface area (Å²) in [4.78, 5) is 26.9. The summed E-state index contributed by atoms with van der Waals surface area (Å²) in [6.07, 6.45) is 5.82. The van der Waals surface area contributed by atoms with Crippen molar-refractivity contribution >= 4 is 39.1 Å². The number of piperidine rings is 2. The molecule has 1 amide bonds. The van der Waals surface area contributed by atoms with Crippen molar-refractivity contribution in [2.24, 2.45) is 5.41 Å². The van der Waals surface area contributed by atoms with Gasteiger partial charge >= 0.3 is 0 Å². The van der Waals surface area contributed by atoms with Gasteiger partial charge < -0.3 is 25.3 Å². The van der Waals surface area contributed by atoms with Crippen LogP contribution in [0.15, 0.2) is 24.3 Å². The number of anilines is 4. The molecule has 1 aliphatic carbocycles. The van der Waals surface area contributed by atoms with Gasteiger partial charge in [0.15, 0.2) is 0 Å². The second-order valence-electron chi connectivity index (χ2n) is 11.5. The Hall–Kier alpha value is -2.96. The highest BCUT2D eigenvalue weighted by Gasteiger charge is 2.44. The first-order valence-electron chi connectivity index (χ1n) is 13.6. The van der Waals surface area contributed by atoms with E-state index in [0.29, 0.717) is 65.7 Å².